The second kappa shape index (κ2) is 7.46. The maximum Gasteiger partial charge on any atom is 0.267 e. The third kappa shape index (κ3) is 4.22. The lowest BCUT2D eigenvalue weighted by Gasteiger charge is -2.06. The van der Waals surface area contributed by atoms with Crippen molar-refractivity contribution < 1.29 is 4.79 Å². The number of hydrogen-bond donors (Lipinski definition) is 2. The summed E-state index contributed by atoms with van der Waals surface area (Å²) in [6.45, 7) is 0. The highest BCUT2D eigenvalue weighted by Gasteiger charge is 2.09. The Hall–Kier alpha value is -2.55. The van der Waals surface area contributed by atoms with Crippen LogP contribution in [0.15, 0.2) is 54.4 Å². The number of pyridine rings is 1. The van der Waals surface area contributed by atoms with Gasteiger partial charge in [0.2, 0.25) is 0 Å². The third-order valence-corrected chi connectivity index (χ3v) is 3.15. The number of aromatic nitrogens is 1. The number of benzene rings is 1. The van der Waals surface area contributed by atoms with Gasteiger partial charge >= 0.3 is 0 Å². The van der Waals surface area contributed by atoms with E-state index < -0.39 is 5.91 Å². The first kappa shape index (κ1) is 15.8. The molecule has 0 aliphatic heterocycles. The highest BCUT2D eigenvalue weighted by atomic mass is 35.5. The first-order valence-corrected chi connectivity index (χ1v) is 6.90. The zero-order chi connectivity index (χ0) is 15.9. The summed E-state index contributed by atoms with van der Waals surface area (Å²) in [5, 5.41) is 15.3. The quantitative estimate of drug-likeness (QED) is 0.506. The maximum atomic E-state index is 12.0. The van der Waals surface area contributed by atoms with Crippen LogP contribution in [0.2, 0.25) is 10.2 Å². The van der Waals surface area contributed by atoms with Crippen molar-refractivity contribution in [2.45, 2.75) is 0 Å². The fourth-order valence-corrected chi connectivity index (χ4v) is 1.82. The van der Waals surface area contributed by atoms with E-state index in [0.29, 0.717) is 16.4 Å². The van der Waals surface area contributed by atoms with Gasteiger partial charge in [-0.25, -0.2) is 4.98 Å². The number of amides is 1. The van der Waals surface area contributed by atoms with Gasteiger partial charge in [-0.2, -0.15) is 5.26 Å². The van der Waals surface area contributed by atoms with Crippen molar-refractivity contribution in [3.63, 3.8) is 0 Å². The Morgan fingerprint density at radius 3 is 2.59 bits per heavy atom. The molecule has 0 atom stereocenters. The van der Waals surface area contributed by atoms with E-state index in [1.165, 1.54) is 12.4 Å². The summed E-state index contributed by atoms with van der Waals surface area (Å²) < 4.78 is 0. The van der Waals surface area contributed by atoms with E-state index in [2.05, 4.69) is 15.6 Å². The summed E-state index contributed by atoms with van der Waals surface area (Å²) in [6.07, 6.45) is 2.81. The molecule has 1 amide bonds. The van der Waals surface area contributed by atoms with Gasteiger partial charge in [-0.1, -0.05) is 23.2 Å². The molecule has 0 aliphatic rings. The van der Waals surface area contributed by atoms with Crippen molar-refractivity contribution in [1.82, 2.24) is 4.98 Å². The molecule has 7 heteroatoms. The minimum absolute atomic E-state index is 0.102. The Morgan fingerprint density at radius 1 is 1.23 bits per heavy atom. The molecule has 2 aromatic rings. The van der Waals surface area contributed by atoms with Crippen LogP contribution in [0.4, 0.5) is 11.4 Å². The maximum absolute atomic E-state index is 12.0. The minimum atomic E-state index is -0.544. The summed E-state index contributed by atoms with van der Waals surface area (Å²) >= 11 is 11.6. The zero-order valence-corrected chi connectivity index (χ0v) is 12.7. The number of carbonyl (C=O) groups excluding carboxylic acids is 1. The molecule has 1 aromatic heterocycles. The monoisotopic (exact) mass is 332 g/mol. The zero-order valence-electron chi connectivity index (χ0n) is 11.2. The van der Waals surface area contributed by atoms with Crippen LogP contribution in [0.1, 0.15) is 0 Å². The van der Waals surface area contributed by atoms with Gasteiger partial charge in [0, 0.05) is 23.1 Å². The van der Waals surface area contributed by atoms with Crippen LogP contribution in [0.3, 0.4) is 0 Å². The molecule has 22 heavy (non-hydrogen) atoms. The van der Waals surface area contributed by atoms with Crippen molar-refractivity contribution in [3.05, 3.63) is 64.5 Å². The van der Waals surface area contributed by atoms with Crippen LogP contribution in [0.25, 0.3) is 0 Å². The summed E-state index contributed by atoms with van der Waals surface area (Å²) in [4.78, 5) is 15.9. The second-order valence-corrected chi connectivity index (χ2v) is 4.91. The molecule has 0 radical (unpaired) electrons. The largest absolute Gasteiger partial charge is 0.358 e. The molecule has 0 bridgehead atoms. The molecule has 1 heterocycles. The predicted molar refractivity (Wildman–Crippen MR) is 86.6 cm³/mol. The van der Waals surface area contributed by atoms with E-state index in [-0.39, 0.29) is 10.7 Å². The van der Waals surface area contributed by atoms with Crippen LogP contribution < -0.4 is 10.6 Å². The van der Waals surface area contributed by atoms with E-state index in [9.17, 15) is 4.79 Å². The molecule has 0 saturated heterocycles. The molecule has 0 saturated carbocycles. The number of nitrogens with one attached hydrogen (secondary N) is 2. The highest BCUT2D eigenvalue weighted by Crippen LogP contribution is 2.18. The molecular weight excluding hydrogens is 323 g/mol. The van der Waals surface area contributed by atoms with E-state index in [1.807, 2.05) is 6.07 Å². The van der Waals surface area contributed by atoms with Gasteiger partial charge in [-0.05, 0) is 36.4 Å². The molecular formula is C15H10Cl2N4O. The summed E-state index contributed by atoms with van der Waals surface area (Å²) in [6, 6.07) is 11.7. The van der Waals surface area contributed by atoms with Crippen LogP contribution >= 0.6 is 23.2 Å². The highest BCUT2D eigenvalue weighted by molar-refractivity contribution is 6.32. The van der Waals surface area contributed by atoms with E-state index in [0.717, 1.165) is 0 Å². The average Bonchev–Trinajstić information content (AvgIpc) is 2.52. The number of hydrogen-bond acceptors (Lipinski definition) is 4. The minimum Gasteiger partial charge on any atom is -0.358 e. The van der Waals surface area contributed by atoms with Crippen LogP contribution in [-0.2, 0) is 4.79 Å². The average molecular weight is 333 g/mol. The van der Waals surface area contributed by atoms with Gasteiger partial charge in [0.05, 0.1) is 5.69 Å². The van der Waals surface area contributed by atoms with E-state index >= 15 is 0 Å². The van der Waals surface area contributed by atoms with Gasteiger partial charge < -0.3 is 10.6 Å². The number of halogens is 2. The van der Waals surface area contributed by atoms with Crippen LogP contribution in [0, 0.1) is 11.3 Å². The van der Waals surface area contributed by atoms with Crippen molar-refractivity contribution in [2.75, 3.05) is 10.6 Å². The lowest BCUT2D eigenvalue weighted by atomic mass is 10.2. The topological polar surface area (TPSA) is 77.8 Å². The summed E-state index contributed by atoms with van der Waals surface area (Å²) in [5.74, 6) is -0.544. The van der Waals surface area contributed by atoms with Crippen molar-refractivity contribution >= 4 is 40.5 Å². The predicted octanol–water partition coefficient (Wildman–Crippen LogP) is 3.85. The SMILES string of the molecule is N#C/C(=C/Nc1cccnc1Cl)C(=O)Nc1ccc(Cl)cc1. The first-order valence-electron chi connectivity index (χ1n) is 6.14. The molecule has 110 valence electrons. The fraction of sp³-hybridized carbons (Fsp3) is 0. The first-order chi connectivity index (χ1) is 10.6. The normalized spacial score (nSPS) is 10.7. The Morgan fingerprint density at radius 2 is 1.95 bits per heavy atom. The molecule has 0 unspecified atom stereocenters. The Bertz CT molecular complexity index is 751. The van der Waals surface area contributed by atoms with E-state index in [1.54, 1.807) is 36.4 Å². The van der Waals surface area contributed by atoms with Crippen LogP contribution in [0.5, 0.6) is 0 Å². The Balaban J connectivity index is 2.09. The molecule has 2 N–H and O–H groups in total. The smallest absolute Gasteiger partial charge is 0.267 e. The van der Waals surface area contributed by atoms with Crippen LogP contribution in [-0.4, -0.2) is 10.9 Å². The number of nitrogens with zero attached hydrogens (tertiary/aromatic N) is 2. The Labute approximate surface area is 137 Å². The lowest BCUT2D eigenvalue weighted by molar-refractivity contribution is -0.112. The molecule has 5 nitrogen and oxygen atoms in total. The molecule has 0 aliphatic carbocycles. The molecule has 1 aromatic carbocycles. The van der Waals surface area contributed by atoms with Gasteiger partial charge in [-0.15, -0.1) is 0 Å². The number of nitriles is 1. The van der Waals surface area contributed by atoms with Crippen molar-refractivity contribution in [2.24, 2.45) is 0 Å². The number of anilines is 2. The van der Waals surface area contributed by atoms with Gasteiger partial charge in [0.15, 0.2) is 5.15 Å². The molecule has 0 fully saturated rings. The van der Waals surface area contributed by atoms with Crippen molar-refractivity contribution in [3.8, 4) is 6.07 Å². The van der Waals surface area contributed by atoms with Gasteiger partial charge in [-0.3, -0.25) is 4.79 Å². The standard InChI is InChI=1S/C15H10Cl2N4O/c16-11-3-5-12(6-4-11)21-15(22)10(8-18)9-20-13-2-1-7-19-14(13)17/h1-7,9,20H,(H,21,22)/b10-9-. The summed E-state index contributed by atoms with van der Waals surface area (Å²) in [7, 11) is 0. The molecule has 0 spiro atoms. The molecule has 2 rings (SSSR count). The van der Waals surface area contributed by atoms with Crippen molar-refractivity contribution in [1.29, 1.82) is 5.26 Å². The fourth-order valence-electron chi connectivity index (χ4n) is 1.52. The van der Waals surface area contributed by atoms with Gasteiger partial charge in [0.25, 0.3) is 5.91 Å². The summed E-state index contributed by atoms with van der Waals surface area (Å²) in [5.41, 5.74) is 0.932. The lowest BCUT2D eigenvalue weighted by Crippen LogP contribution is -2.14. The second-order valence-electron chi connectivity index (χ2n) is 4.12. The third-order valence-electron chi connectivity index (χ3n) is 2.60. The Kier molecular flexibility index (Phi) is 5.37. The van der Waals surface area contributed by atoms with E-state index in [4.69, 9.17) is 28.5 Å². The number of rotatable bonds is 4. The van der Waals surface area contributed by atoms with Gasteiger partial charge in [0.1, 0.15) is 11.6 Å². The number of carbonyl (C=O) groups is 1.